The lowest BCUT2D eigenvalue weighted by atomic mass is 10.1. The zero-order valence-corrected chi connectivity index (χ0v) is 18.4. The fraction of sp³-hybridized carbons (Fsp3) is 0.435. The molecule has 1 saturated heterocycles. The van der Waals surface area contributed by atoms with E-state index in [1.807, 2.05) is 6.07 Å². The van der Waals surface area contributed by atoms with Gasteiger partial charge in [0.25, 0.3) is 5.91 Å². The van der Waals surface area contributed by atoms with Crippen LogP contribution < -0.4 is 5.32 Å². The molecule has 1 fully saturated rings. The number of rotatable bonds is 9. The highest BCUT2D eigenvalue weighted by Gasteiger charge is 2.16. The molecule has 1 aliphatic heterocycles. The van der Waals surface area contributed by atoms with Crippen molar-refractivity contribution in [1.82, 2.24) is 15.1 Å². The Labute approximate surface area is 179 Å². The van der Waals surface area contributed by atoms with Gasteiger partial charge in [0, 0.05) is 51.1 Å². The van der Waals surface area contributed by atoms with Crippen molar-refractivity contribution in [3.8, 4) is 0 Å². The first-order valence-electron chi connectivity index (χ1n) is 10.4. The van der Waals surface area contributed by atoms with Crippen LogP contribution in [0.15, 0.2) is 54.6 Å². The molecule has 7 heteroatoms. The standard InChI is InChI=1S/C23H31N3O3S/c1-30(28,29)19-21-8-10-22(11-9-21)23(27)24-12-5-13-25-14-16-26(17-15-25)18-20-6-3-2-4-7-20/h2-4,6-11H,5,12-19H2,1H3,(H,24,27). The zero-order chi connectivity index (χ0) is 21.4. The van der Waals surface area contributed by atoms with Gasteiger partial charge in [-0.25, -0.2) is 8.42 Å². The van der Waals surface area contributed by atoms with E-state index in [2.05, 4.69) is 39.4 Å². The van der Waals surface area contributed by atoms with Crippen LogP contribution in [0.2, 0.25) is 0 Å². The molecule has 1 N–H and O–H groups in total. The Morgan fingerprint density at radius 2 is 1.53 bits per heavy atom. The predicted octanol–water partition coefficient (Wildman–Crippen LogP) is 2.17. The summed E-state index contributed by atoms with van der Waals surface area (Å²) in [6.07, 6.45) is 2.12. The molecule has 2 aromatic rings. The highest BCUT2D eigenvalue weighted by molar-refractivity contribution is 7.89. The van der Waals surface area contributed by atoms with Gasteiger partial charge in [-0.1, -0.05) is 42.5 Å². The average molecular weight is 430 g/mol. The van der Waals surface area contributed by atoms with Gasteiger partial charge in [0.2, 0.25) is 0 Å². The third-order valence-corrected chi connectivity index (χ3v) is 6.15. The topological polar surface area (TPSA) is 69.7 Å². The number of benzene rings is 2. The molecule has 1 heterocycles. The van der Waals surface area contributed by atoms with Gasteiger partial charge >= 0.3 is 0 Å². The molecule has 0 aromatic heterocycles. The molecule has 0 unspecified atom stereocenters. The molecule has 162 valence electrons. The summed E-state index contributed by atoms with van der Waals surface area (Å²) in [4.78, 5) is 17.2. The van der Waals surface area contributed by atoms with E-state index >= 15 is 0 Å². The lowest BCUT2D eigenvalue weighted by Crippen LogP contribution is -2.46. The minimum absolute atomic E-state index is 0.00644. The molecule has 30 heavy (non-hydrogen) atoms. The highest BCUT2D eigenvalue weighted by atomic mass is 32.2. The van der Waals surface area contributed by atoms with Gasteiger partial charge in [-0.15, -0.1) is 0 Å². The lowest BCUT2D eigenvalue weighted by Gasteiger charge is -2.34. The van der Waals surface area contributed by atoms with Crippen LogP contribution in [0.1, 0.15) is 27.9 Å². The molecule has 0 bridgehead atoms. The first-order valence-corrected chi connectivity index (χ1v) is 12.5. The molecule has 0 radical (unpaired) electrons. The molecule has 2 aromatic carbocycles. The van der Waals surface area contributed by atoms with Crippen molar-refractivity contribution < 1.29 is 13.2 Å². The van der Waals surface area contributed by atoms with Crippen molar-refractivity contribution in [3.63, 3.8) is 0 Å². The van der Waals surface area contributed by atoms with Gasteiger partial charge < -0.3 is 10.2 Å². The molecule has 0 atom stereocenters. The average Bonchev–Trinajstić information content (AvgIpc) is 2.72. The van der Waals surface area contributed by atoms with Crippen molar-refractivity contribution >= 4 is 15.7 Å². The second-order valence-electron chi connectivity index (χ2n) is 7.98. The Bertz CT molecular complexity index is 906. The lowest BCUT2D eigenvalue weighted by molar-refractivity contribution is 0.0947. The summed E-state index contributed by atoms with van der Waals surface area (Å²) in [5, 5.41) is 2.95. The number of sulfone groups is 1. The van der Waals surface area contributed by atoms with Gasteiger partial charge in [-0.3, -0.25) is 9.69 Å². The van der Waals surface area contributed by atoms with Crippen LogP contribution >= 0.6 is 0 Å². The SMILES string of the molecule is CS(=O)(=O)Cc1ccc(C(=O)NCCCN2CCN(Cc3ccccc3)CC2)cc1. The van der Waals surface area contributed by atoms with E-state index < -0.39 is 9.84 Å². The fourth-order valence-electron chi connectivity index (χ4n) is 3.67. The van der Waals surface area contributed by atoms with Gasteiger partial charge in [-0.2, -0.15) is 0 Å². The summed E-state index contributed by atoms with van der Waals surface area (Å²) in [7, 11) is -3.07. The summed E-state index contributed by atoms with van der Waals surface area (Å²) in [6, 6.07) is 17.3. The van der Waals surface area contributed by atoms with E-state index in [-0.39, 0.29) is 11.7 Å². The van der Waals surface area contributed by atoms with Gasteiger partial charge in [0.15, 0.2) is 9.84 Å². The van der Waals surface area contributed by atoms with Crippen LogP contribution in [0.4, 0.5) is 0 Å². The van der Waals surface area contributed by atoms with Crippen LogP contribution in [0.25, 0.3) is 0 Å². The van der Waals surface area contributed by atoms with Crippen molar-refractivity contribution in [2.45, 2.75) is 18.7 Å². The number of amides is 1. The minimum atomic E-state index is -3.07. The Balaban J connectivity index is 1.32. The first-order chi connectivity index (χ1) is 14.4. The van der Waals surface area contributed by atoms with Crippen LogP contribution in [-0.2, 0) is 22.1 Å². The summed E-state index contributed by atoms with van der Waals surface area (Å²) < 4.78 is 22.7. The van der Waals surface area contributed by atoms with E-state index in [1.54, 1.807) is 24.3 Å². The molecular weight excluding hydrogens is 398 g/mol. The van der Waals surface area contributed by atoms with Gasteiger partial charge in [0.05, 0.1) is 5.75 Å². The fourth-order valence-corrected chi connectivity index (χ4v) is 4.47. The van der Waals surface area contributed by atoms with E-state index in [1.165, 1.54) is 11.8 Å². The Kier molecular flexibility index (Phi) is 8.01. The van der Waals surface area contributed by atoms with Crippen LogP contribution in [0, 0.1) is 0 Å². The maximum Gasteiger partial charge on any atom is 0.251 e. The smallest absolute Gasteiger partial charge is 0.251 e. The third-order valence-electron chi connectivity index (χ3n) is 5.30. The second kappa shape index (κ2) is 10.7. The predicted molar refractivity (Wildman–Crippen MR) is 120 cm³/mol. The normalized spacial score (nSPS) is 15.8. The van der Waals surface area contributed by atoms with E-state index in [0.717, 1.165) is 45.7 Å². The molecule has 1 amide bonds. The van der Waals surface area contributed by atoms with E-state index in [9.17, 15) is 13.2 Å². The third kappa shape index (κ3) is 7.55. The number of hydrogen-bond acceptors (Lipinski definition) is 5. The largest absolute Gasteiger partial charge is 0.352 e. The number of nitrogens with one attached hydrogen (secondary N) is 1. The molecule has 6 nitrogen and oxygen atoms in total. The molecule has 1 aliphatic rings. The molecular formula is C23H31N3O3S. The van der Waals surface area contributed by atoms with Crippen molar-refractivity contribution in [1.29, 1.82) is 0 Å². The number of hydrogen-bond donors (Lipinski definition) is 1. The number of piperazine rings is 1. The summed E-state index contributed by atoms with van der Waals surface area (Å²) in [5.41, 5.74) is 2.61. The Morgan fingerprint density at radius 3 is 2.17 bits per heavy atom. The summed E-state index contributed by atoms with van der Waals surface area (Å²) in [5.74, 6) is -0.123. The van der Waals surface area contributed by atoms with E-state index in [4.69, 9.17) is 0 Å². The molecule has 0 aliphatic carbocycles. The number of carbonyl (C=O) groups is 1. The second-order valence-corrected chi connectivity index (χ2v) is 10.1. The van der Waals surface area contributed by atoms with Crippen molar-refractivity contribution in [3.05, 3.63) is 71.3 Å². The maximum atomic E-state index is 12.3. The summed E-state index contributed by atoms with van der Waals surface area (Å²) in [6.45, 7) is 6.88. The molecule has 3 rings (SSSR count). The van der Waals surface area contributed by atoms with Crippen molar-refractivity contribution in [2.75, 3.05) is 45.5 Å². The quantitative estimate of drug-likeness (QED) is 0.619. The molecule has 0 spiro atoms. The Hall–Kier alpha value is -2.22. The van der Waals surface area contributed by atoms with Crippen LogP contribution in [0.3, 0.4) is 0 Å². The number of nitrogens with zero attached hydrogens (tertiary/aromatic N) is 2. The molecule has 0 saturated carbocycles. The van der Waals surface area contributed by atoms with Crippen molar-refractivity contribution in [2.24, 2.45) is 0 Å². The highest BCUT2D eigenvalue weighted by Crippen LogP contribution is 2.09. The Morgan fingerprint density at radius 1 is 0.900 bits per heavy atom. The van der Waals surface area contributed by atoms with Gasteiger partial charge in [0.1, 0.15) is 0 Å². The van der Waals surface area contributed by atoms with Gasteiger partial charge in [-0.05, 0) is 36.2 Å². The number of carbonyl (C=O) groups excluding carboxylic acids is 1. The van der Waals surface area contributed by atoms with E-state index in [0.29, 0.717) is 17.7 Å². The summed E-state index contributed by atoms with van der Waals surface area (Å²) >= 11 is 0. The van der Waals surface area contributed by atoms with Crippen LogP contribution in [0.5, 0.6) is 0 Å². The van der Waals surface area contributed by atoms with Crippen LogP contribution in [-0.4, -0.2) is 69.6 Å². The maximum absolute atomic E-state index is 12.3. The first kappa shape index (κ1) is 22.5. The monoisotopic (exact) mass is 429 g/mol. The zero-order valence-electron chi connectivity index (χ0n) is 17.6. The minimum Gasteiger partial charge on any atom is -0.352 e.